The van der Waals surface area contributed by atoms with Crippen LogP contribution in [-0.2, 0) is 9.53 Å². The highest BCUT2D eigenvalue weighted by Gasteiger charge is 2.32. The molecule has 2 aromatic carbocycles. The monoisotopic (exact) mass is 414 g/mol. The molecule has 0 aromatic heterocycles. The molecule has 2 aliphatic rings. The Bertz CT molecular complexity index is 1120. The van der Waals surface area contributed by atoms with Gasteiger partial charge in [-0.3, -0.25) is 9.59 Å². The summed E-state index contributed by atoms with van der Waals surface area (Å²) < 4.78 is 5.70. The first kappa shape index (κ1) is 20.5. The lowest BCUT2D eigenvalue weighted by Gasteiger charge is -2.35. The number of ether oxygens (including phenoxy) is 1. The summed E-state index contributed by atoms with van der Waals surface area (Å²) in [6.45, 7) is 4.61. The molecule has 7 heteroatoms. The van der Waals surface area contributed by atoms with Crippen LogP contribution in [0.2, 0.25) is 0 Å². The van der Waals surface area contributed by atoms with E-state index < -0.39 is 0 Å². The van der Waals surface area contributed by atoms with Crippen molar-refractivity contribution in [1.82, 2.24) is 10.2 Å². The average molecular weight is 414 g/mol. The summed E-state index contributed by atoms with van der Waals surface area (Å²) >= 11 is 0. The molecule has 1 fully saturated rings. The Kier molecular flexibility index (Phi) is 5.65. The third-order valence-electron chi connectivity index (χ3n) is 5.20. The van der Waals surface area contributed by atoms with Crippen LogP contribution in [0.4, 0.5) is 0 Å². The van der Waals surface area contributed by atoms with E-state index in [9.17, 15) is 14.9 Å². The van der Waals surface area contributed by atoms with Crippen molar-refractivity contribution in [2.75, 3.05) is 13.1 Å². The van der Waals surface area contributed by atoms with Crippen molar-refractivity contribution in [2.24, 2.45) is 4.99 Å². The van der Waals surface area contributed by atoms with Crippen molar-refractivity contribution in [3.63, 3.8) is 0 Å². The minimum Gasteiger partial charge on any atom is -0.372 e. The highest BCUT2D eigenvalue weighted by molar-refractivity contribution is 6.20. The van der Waals surface area contributed by atoms with Crippen molar-refractivity contribution in [1.29, 1.82) is 5.26 Å². The average Bonchev–Trinajstić information content (AvgIpc) is 3.12. The number of carbonyl (C=O) groups excluding carboxylic acids is 2. The van der Waals surface area contributed by atoms with Gasteiger partial charge < -0.3 is 15.0 Å². The minimum atomic E-state index is -0.381. The lowest BCUT2D eigenvalue weighted by molar-refractivity contribution is -0.138. The first-order chi connectivity index (χ1) is 15.0. The lowest BCUT2D eigenvalue weighted by atomic mass is 10.0. The molecule has 2 amide bonds. The van der Waals surface area contributed by atoms with E-state index in [-0.39, 0.29) is 35.3 Å². The second kappa shape index (κ2) is 8.54. The Morgan fingerprint density at radius 3 is 2.29 bits per heavy atom. The first-order valence-electron chi connectivity index (χ1n) is 10.1. The molecule has 2 aromatic rings. The summed E-state index contributed by atoms with van der Waals surface area (Å²) in [5.74, 6) is -0.367. The van der Waals surface area contributed by atoms with Crippen LogP contribution in [0.5, 0.6) is 0 Å². The fourth-order valence-electron chi connectivity index (χ4n) is 3.89. The van der Waals surface area contributed by atoms with Crippen LogP contribution in [0.1, 0.15) is 35.3 Å². The van der Waals surface area contributed by atoms with Gasteiger partial charge in [-0.15, -0.1) is 0 Å². The summed E-state index contributed by atoms with van der Waals surface area (Å²) in [6.07, 6.45) is -0.226. The van der Waals surface area contributed by atoms with E-state index in [2.05, 4.69) is 10.3 Å². The van der Waals surface area contributed by atoms with Crippen LogP contribution in [0.15, 0.2) is 65.2 Å². The maximum atomic E-state index is 13.2. The number of amides is 2. The first-order valence-corrected chi connectivity index (χ1v) is 10.1. The molecule has 1 saturated heterocycles. The van der Waals surface area contributed by atoms with Gasteiger partial charge >= 0.3 is 0 Å². The Morgan fingerprint density at radius 1 is 1.03 bits per heavy atom. The van der Waals surface area contributed by atoms with Gasteiger partial charge in [-0.2, -0.15) is 5.26 Å². The van der Waals surface area contributed by atoms with Gasteiger partial charge in [-0.25, -0.2) is 4.99 Å². The van der Waals surface area contributed by atoms with Gasteiger partial charge in [-0.05, 0) is 26.0 Å². The largest absolute Gasteiger partial charge is 0.372 e. The highest BCUT2D eigenvalue weighted by Crippen LogP contribution is 2.31. The lowest BCUT2D eigenvalue weighted by Crippen LogP contribution is -2.48. The summed E-state index contributed by atoms with van der Waals surface area (Å²) in [5.41, 5.74) is 2.04. The fourth-order valence-corrected chi connectivity index (χ4v) is 3.89. The number of aliphatic imine (C=N–C) groups is 1. The van der Waals surface area contributed by atoms with Gasteiger partial charge in [-0.1, -0.05) is 42.5 Å². The van der Waals surface area contributed by atoms with Crippen molar-refractivity contribution in [3.8, 4) is 6.07 Å². The van der Waals surface area contributed by atoms with E-state index in [0.717, 1.165) is 0 Å². The van der Waals surface area contributed by atoms with Gasteiger partial charge in [0.2, 0.25) is 0 Å². The van der Waals surface area contributed by atoms with Crippen LogP contribution < -0.4 is 5.32 Å². The number of nitrogens with one attached hydrogen (secondary N) is 1. The molecule has 156 valence electrons. The van der Waals surface area contributed by atoms with Crippen molar-refractivity contribution < 1.29 is 14.3 Å². The van der Waals surface area contributed by atoms with E-state index in [1.807, 2.05) is 44.2 Å². The summed E-state index contributed by atoms with van der Waals surface area (Å²) in [6, 6.07) is 18.1. The van der Waals surface area contributed by atoms with Gasteiger partial charge in [0.05, 0.1) is 17.9 Å². The fraction of sp³-hybridized carbons (Fsp3) is 0.250. The molecule has 0 spiro atoms. The standard InChI is InChI=1S/C24H22N4O3/c1-15-13-28(14-16(2)31-15)24(30)20(12-25)21-18-10-6-7-11-19(18)22(26-21)27-23(29)17-8-4-3-5-9-17/h3-11,15-16H,13-14H2,1-2H3,(H,26,27,29)/b21-20-/t15-,16-/m1/s1. The number of amidine groups is 1. The number of hydrogen-bond donors (Lipinski definition) is 1. The summed E-state index contributed by atoms with van der Waals surface area (Å²) in [5, 5.41) is 12.7. The van der Waals surface area contributed by atoms with E-state index in [4.69, 9.17) is 4.74 Å². The van der Waals surface area contributed by atoms with E-state index in [1.54, 1.807) is 35.2 Å². The van der Waals surface area contributed by atoms with Crippen LogP contribution in [0.25, 0.3) is 5.70 Å². The maximum absolute atomic E-state index is 13.2. The Hall–Kier alpha value is -3.76. The zero-order valence-corrected chi connectivity index (χ0v) is 17.3. The SMILES string of the molecule is C[C@@H]1CN(C(=O)/C(C#N)=C2\N=C(NC(=O)c3ccccc3)c3ccccc32)C[C@@H](C)O1. The van der Waals surface area contributed by atoms with Gasteiger partial charge in [0.15, 0.2) is 0 Å². The van der Waals surface area contributed by atoms with Gasteiger partial charge in [0.25, 0.3) is 11.8 Å². The highest BCUT2D eigenvalue weighted by atomic mass is 16.5. The normalized spacial score (nSPS) is 21.6. The van der Waals surface area contributed by atoms with Crippen LogP contribution >= 0.6 is 0 Å². The minimum absolute atomic E-state index is 0.0438. The number of rotatable bonds is 2. The topological polar surface area (TPSA) is 94.8 Å². The molecule has 7 nitrogen and oxygen atoms in total. The van der Waals surface area contributed by atoms with Crippen LogP contribution in [0.3, 0.4) is 0 Å². The molecule has 0 saturated carbocycles. The molecule has 0 unspecified atom stereocenters. The number of morpholine rings is 1. The molecular formula is C24H22N4O3. The zero-order valence-electron chi connectivity index (χ0n) is 17.3. The molecule has 2 atom stereocenters. The molecule has 0 radical (unpaired) electrons. The second-order valence-corrected chi connectivity index (χ2v) is 7.63. The summed E-state index contributed by atoms with van der Waals surface area (Å²) in [7, 11) is 0. The van der Waals surface area contributed by atoms with Crippen molar-refractivity contribution >= 4 is 23.3 Å². The van der Waals surface area contributed by atoms with Crippen molar-refractivity contribution in [3.05, 3.63) is 76.9 Å². The third kappa shape index (κ3) is 4.11. The molecule has 2 heterocycles. The van der Waals surface area contributed by atoms with E-state index in [1.165, 1.54) is 0 Å². The van der Waals surface area contributed by atoms with Crippen LogP contribution in [-0.4, -0.2) is 47.8 Å². The predicted molar refractivity (Wildman–Crippen MR) is 116 cm³/mol. The number of benzene rings is 2. The number of carbonyl (C=O) groups is 2. The van der Waals surface area contributed by atoms with E-state index in [0.29, 0.717) is 35.6 Å². The molecule has 4 rings (SSSR count). The number of fused-ring (bicyclic) bond motifs is 1. The quantitative estimate of drug-likeness (QED) is 0.604. The van der Waals surface area contributed by atoms with E-state index >= 15 is 0 Å². The van der Waals surface area contributed by atoms with Crippen molar-refractivity contribution in [2.45, 2.75) is 26.1 Å². The number of hydrogen-bond acceptors (Lipinski definition) is 5. The Morgan fingerprint density at radius 2 is 1.65 bits per heavy atom. The number of nitriles is 1. The maximum Gasteiger partial charge on any atom is 0.266 e. The second-order valence-electron chi connectivity index (χ2n) is 7.63. The van der Waals surface area contributed by atoms with Crippen LogP contribution in [0, 0.1) is 11.3 Å². The predicted octanol–water partition coefficient (Wildman–Crippen LogP) is 2.75. The Labute approximate surface area is 180 Å². The smallest absolute Gasteiger partial charge is 0.266 e. The molecule has 0 aliphatic carbocycles. The molecule has 2 aliphatic heterocycles. The molecule has 31 heavy (non-hydrogen) atoms. The van der Waals surface area contributed by atoms with Gasteiger partial charge in [0, 0.05) is 29.8 Å². The Balaban J connectivity index is 1.70. The molecule has 1 N–H and O–H groups in total. The third-order valence-corrected chi connectivity index (χ3v) is 5.20. The van der Waals surface area contributed by atoms with Gasteiger partial charge in [0.1, 0.15) is 17.5 Å². The number of nitrogens with zero attached hydrogens (tertiary/aromatic N) is 3. The molecular weight excluding hydrogens is 392 g/mol. The zero-order chi connectivity index (χ0) is 22.0. The summed E-state index contributed by atoms with van der Waals surface area (Å²) in [4.78, 5) is 32.0. The molecule has 0 bridgehead atoms.